The molecule has 0 saturated carbocycles. The van der Waals surface area contributed by atoms with E-state index in [4.69, 9.17) is 5.73 Å². The highest BCUT2D eigenvalue weighted by Crippen LogP contribution is 2.36. The van der Waals surface area contributed by atoms with Crippen molar-refractivity contribution in [1.29, 1.82) is 0 Å². The average molecular weight is 308 g/mol. The highest BCUT2D eigenvalue weighted by Gasteiger charge is 2.16. The number of hydrogen-bond donors (Lipinski definition) is 2. The van der Waals surface area contributed by atoms with Crippen LogP contribution in [-0.2, 0) is 6.42 Å². The molecule has 104 valence electrons. The zero-order chi connectivity index (χ0) is 13.9. The summed E-state index contributed by atoms with van der Waals surface area (Å²) in [6, 6.07) is 0. The van der Waals surface area contributed by atoms with E-state index in [-0.39, 0.29) is 0 Å². The standard InChI is InChI=1S/C11H12N6OS2/c1-6-15-7(4-19-6)9-10(12)17-20-11(9)13-3-2-8-14-5-18-16-8/h4-5,13H,2-3H2,1H3,(H2,12,17). The molecule has 0 radical (unpaired) electrons. The Labute approximate surface area is 123 Å². The molecule has 0 amide bonds. The number of nitrogens with zero attached hydrogens (tertiary/aromatic N) is 4. The molecule has 0 spiro atoms. The molecule has 9 heteroatoms. The number of thiazole rings is 1. The summed E-state index contributed by atoms with van der Waals surface area (Å²) in [6.45, 7) is 2.64. The fourth-order valence-corrected chi connectivity index (χ4v) is 3.09. The molecule has 3 rings (SSSR count). The van der Waals surface area contributed by atoms with E-state index < -0.39 is 0 Å². The molecule has 20 heavy (non-hydrogen) atoms. The molecular weight excluding hydrogens is 296 g/mol. The second-order valence-electron chi connectivity index (χ2n) is 4.05. The quantitative estimate of drug-likeness (QED) is 0.744. The highest BCUT2D eigenvalue weighted by atomic mass is 32.1. The van der Waals surface area contributed by atoms with Crippen LogP contribution in [0.3, 0.4) is 0 Å². The topological polar surface area (TPSA) is 103 Å². The number of nitrogens with one attached hydrogen (secondary N) is 1. The summed E-state index contributed by atoms with van der Waals surface area (Å²) in [5, 5.41) is 11.0. The molecule has 0 aliphatic rings. The lowest BCUT2D eigenvalue weighted by atomic mass is 10.2. The third-order valence-electron chi connectivity index (χ3n) is 2.63. The maximum absolute atomic E-state index is 5.93. The van der Waals surface area contributed by atoms with Gasteiger partial charge in [0, 0.05) is 18.3 Å². The maximum atomic E-state index is 5.93. The van der Waals surface area contributed by atoms with E-state index >= 15 is 0 Å². The van der Waals surface area contributed by atoms with Crippen LogP contribution >= 0.6 is 22.9 Å². The summed E-state index contributed by atoms with van der Waals surface area (Å²) in [7, 11) is 0. The van der Waals surface area contributed by atoms with Crippen LogP contribution < -0.4 is 11.1 Å². The SMILES string of the molecule is Cc1nc(-c2c(N)nsc2NCCc2ncon2)cs1. The molecular formula is C11H12N6OS2. The van der Waals surface area contributed by atoms with Crippen molar-refractivity contribution >= 4 is 33.7 Å². The molecule has 0 saturated heterocycles. The van der Waals surface area contributed by atoms with Gasteiger partial charge in [-0.3, -0.25) is 0 Å². The zero-order valence-corrected chi connectivity index (χ0v) is 12.3. The normalized spacial score (nSPS) is 10.8. The predicted molar refractivity (Wildman–Crippen MR) is 78.9 cm³/mol. The van der Waals surface area contributed by atoms with Crippen LogP contribution in [0.2, 0.25) is 0 Å². The summed E-state index contributed by atoms with van der Waals surface area (Å²) in [5.74, 6) is 1.17. The fourth-order valence-electron chi connectivity index (χ4n) is 1.74. The first-order valence-electron chi connectivity index (χ1n) is 5.91. The second-order valence-corrected chi connectivity index (χ2v) is 5.88. The minimum atomic E-state index is 0.502. The first-order chi connectivity index (χ1) is 9.74. The Kier molecular flexibility index (Phi) is 3.61. The van der Waals surface area contributed by atoms with Crippen LogP contribution in [0.5, 0.6) is 0 Å². The summed E-state index contributed by atoms with van der Waals surface area (Å²) in [4.78, 5) is 8.43. The number of aromatic nitrogens is 4. The van der Waals surface area contributed by atoms with Crippen molar-refractivity contribution in [2.45, 2.75) is 13.3 Å². The smallest absolute Gasteiger partial charge is 0.213 e. The van der Waals surface area contributed by atoms with Gasteiger partial charge < -0.3 is 15.6 Å². The van der Waals surface area contributed by atoms with Gasteiger partial charge in [-0.05, 0) is 18.5 Å². The van der Waals surface area contributed by atoms with E-state index in [9.17, 15) is 0 Å². The number of anilines is 2. The van der Waals surface area contributed by atoms with Crippen molar-refractivity contribution in [3.63, 3.8) is 0 Å². The van der Waals surface area contributed by atoms with Crippen molar-refractivity contribution < 1.29 is 4.52 Å². The van der Waals surface area contributed by atoms with Crippen molar-refractivity contribution in [2.75, 3.05) is 17.6 Å². The Hall–Kier alpha value is -2.00. The third-order valence-corrected chi connectivity index (χ3v) is 4.23. The summed E-state index contributed by atoms with van der Waals surface area (Å²) in [6.07, 6.45) is 1.99. The molecule has 0 aliphatic carbocycles. The minimum absolute atomic E-state index is 0.502. The van der Waals surface area contributed by atoms with Gasteiger partial charge in [0.15, 0.2) is 5.82 Å². The van der Waals surface area contributed by atoms with E-state index in [1.807, 2.05) is 12.3 Å². The summed E-state index contributed by atoms with van der Waals surface area (Å²) >= 11 is 2.92. The van der Waals surface area contributed by atoms with Gasteiger partial charge in [0.2, 0.25) is 6.39 Å². The Bertz CT molecular complexity index is 690. The molecule has 3 N–H and O–H groups in total. The van der Waals surface area contributed by atoms with Crippen LogP contribution in [0.1, 0.15) is 10.8 Å². The highest BCUT2D eigenvalue weighted by molar-refractivity contribution is 7.11. The number of nitrogens with two attached hydrogens (primary N) is 1. The van der Waals surface area contributed by atoms with Gasteiger partial charge in [0.1, 0.15) is 10.8 Å². The number of nitrogen functional groups attached to an aromatic ring is 1. The molecule has 0 atom stereocenters. The first kappa shape index (κ1) is 13.0. The molecule has 3 aromatic heterocycles. The van der Waals surface area contributed by atoms with Crippen molar-refractivity contribution in [3.05, 3.63) is 22.6 Å². The van der Waals surface area contributed by atoms with E-state index in [1.165, 1.54) is 17.9 Å². The van der Waals surface area contributed by atoms with Crippen LogP contribution in [-0.4, -0.2) is 26.0 Å². The number of hydrogen-bond acceptors (Lipinski definition) is 9. The lowest BCUT2D eigenvalue weighted by Crippen LogP contribution is -2.05. The van der Waals surface area contributed by atoms with Crippen LogP contribution in [0.25, 0.3) is 11.3 Å². The van der Waals surface area contributed by atoms with Gasteiger partial charge >= 0.3 is 0 Å². The predicted octanol–water partition coefficient (Wildman–Crippen LogP) is 2.19. The molecule has 3 aromatic rings. The van der Waals surface area contributed by atoms with Crippen LogP contribution in [0, 0.1) is 6.92 Å². The zero-order valence-electron chi connectivity index (χ0n) is 10.7. The Balaban J connectivity index is 1.74. The van der Waals surface area contributed by atoms with Crippen molar-refractivity contribution in [1.82, 2.24) is 19.5 Å². The number of rotatable bonds is 5. The third kappa shape index (κ3) is 2.63. The minimum Gasteiger partial charge on any atom is -0.382 e. The van der Waals surface area contributed by atoms with Crippen molar-refractivity contribution in [2.24, 2.45) is 0 Å². The lowest BCUT2D eigenvalue weighted by molar-refractivity contribution is 0.410. The first-order valence-corrected chi connectivity index (χ1v) is 7.56. The van der Waals surface area contributed by atoms with E-state index in [1.54, 1.807) is 11.3 Å². The largest absolute Gasteiger partial charge is 0.382 e. The Morgan fingerprint density at radius 1 is 1.45 bits per heavy atom. The Morgan fingerprint density at radius 3 is 3.05 bits per heavy atom. The monoisotopic (exact) mass is 308 g/mol. The van der Waals surface area contributed by atoms with Gasteiger partial charge in [-0.2, -0.15) is 9.36 Å². The fraction of sp³-hybridized carbons (Fsp3) is 0.273. The average Bonchev–Trinajstić information content (AvgIpc) is 3.12. The lowest BCUT2D eigenvalue weighted by Gasteiger charge is -2.03. The second kappa shape index (κ2) is 5.55. The van der Waals surface area contributed by atoms with Gasteiger partial charge in [-0.15, -0.1) is 11.3 Å². The molecule has 0 fully saturated rings. The van der Waals surface area contributed by atoms with Crippen LogP contribution in [0.4, 0.5) is 10.8 Å². The van der Waals surface area contributed by atoms with Gasteiger partial charge in [-0.25, -0.2) is 4.98 Å². The van der Waals surface area contributed by atoms with Gasteiger partial charge in [0.05, 0.1) is 16.3 Å². The van der Waals surface area contributed by atoms with E-state index in [2.05, 4.69) is 29.3 Å². The molecule has 0 aromatic carbocycles. The van der Waals surface area contributed by atoms with E-state index in [0.29, 0.717) is 24.6 Å². The van der Waals surface area contributed by atoms with E-state index in [0.717, 1.165) is 21.3 Å². The Morgan fingerprint density at radius 2 is 2.35 bits per heavy atom. The van der Waals surface area contributed by atoms with Crippen LogP contribution in [0.15, 0.2) is 16.3 Å². The molecule has 7 nitrogen and oxygen atoms in total. The molecule has 0 bridgehead atoms. The van der Waals surface area contributed by atoms with Gasteiger partial charge in [0.25, 0.3) is 0 Å². The summed E-state index contributed by atoms with van der Waals surface area (Å²) in [5.41, 5.74) is 7.66. The molecule has 0 aliphatic heterocycles. The molecule has 0 unspecified atom stereocenters. The summed E-state index contributed by atoms with van der Waals surface area (Å²) < 4.78 is 8.88. The van der Waals surface area contributed by atoms with Gasteiger partial charge in [-0.1, -0.05) is 5.16 Å². The number of aryl methyl sites for hydroxylation is 1. The molecule has 3 heterocycles. The maximum Gasteiger partial charge on any atom is 0.213 e. The van der Waals surface area contributed by atoms with Crippen molar-refractivity contribution in [3.8, 4) is 11.3 Å².